The van der Waals surface area contributed by atoms with Crippen LogP contribution < -0.4 is 20.5 Å². The molecular formula is C26H31N5O3S. The molecule has 0 spiro atoms. The number of ether oxygens (including phenoxy) is 2. The summed E-state index contributed by atoms with van der Waals surface area (Å²) in [5.74, 6) is 2.30. The van der Waals surface area contributed by atoms with Crippen molar-refractivity contribution < 1.29 is 14.3 Å². The number of amidine groups is 1. The number of carbonyl (C=O) groups is 1. The molecule has 1 aromatic heterocycles. The number of nitrogens with two attached hydrogens (primary N) is 1. The molecule has 4 rings (SSSR count). The fourth-order valence-corrected chi connectivity index (χ4v) is 4.96. The molecule has 1 aliphatic heterocycles. The van der Waals surface area contributed by atoms with Crippen molar-refractivity contribution in [1.82, 2.24) is 9.88 Å². The summed E-state index contributed by atoms with van der Waals surface area (Å²) in [6, 6.07) is 11.3. The predicted octanol–water partition coefficient (Wildman–Crippen LogP) is 5.23. The molecule has 0 radical (unpaired) electrons. The van der Waals surface area contributed by atoms with Crippen LogP contribution in [0.3, 0.4) is 0 Å². The maximum Gasteiger partial charge on any atom is 0.284 e. The third kappa shape index (κ3) is 5.40. The fourth-order valence-electron chi connectivity index (χ4n) is 3.94. The highest BCUT2D eigenvalue weighted by Gasteiger charge is 2.24. The number of hydrogen-bond acceptors (Lipinski definition) is 7. The number of benzene rings is 2. The number of hydrogen-bond donors (Lipinski definition) is 2. The highest BCUT2D eigenvalue weighted by atomic mass is 32.1. The quantitative estimate of drug-likeness (QED) is 0.277. The van der Waals surface area contributed by atoms with E-state index in [9.17, 15) is 4.79 Å². The van der Waals surface area contributed by atoms with Crippen molar-refractivity contribution in [3.8, 4) is 11.5 Å². The van der Waals surface area contributed by atoms with Crippen molar-refractivity contribution in [2.75, 3.05) is 31.8 Å². The van der Waals surface area contributed by atoms with E-state index in [2.05, 4.69) is 29.0 Å². The molecule has 0 atom stereocenters. The molecule has 0 saturated heterocycles. The number of nitrogens with zero attached hydrogens (tertiary/aromatic N) is 3. The smallest absolute Gasteiger partial charge is 0.284 e. The summed E-state index contributed by atoms with van der Waals surface area (Å²) in [7, 11) is 3.22. The normalized spacial score (nSPS) is 13.5. The van der Waals surface area contributed by atoms with Gasteiger partial charge in [-0.05, 0) is 42.7 Å². The van der Waals surface area contributed by atoms with Gasteiger partial charge in [-0.15, -0.1) is 11.3 Å². The molecule has 2 heterocycles. The number of fused-ring (bicyclic) bond motifs is 1. The van der Waals surface area contributed by atoms with Crippen LogP contribution in [0.1, 0.15) is 52.6 Å². The van der Waals surface area contributed by atoms with E-state index in [1.807, 2.05) is 43.3 Å². The molecule has 184 valence electrons. The number of amides is 1. The molecule has 9 heteroatoms. The van der Waals surface area contributed by atoms with E-state index in [1.54, 1.807) is 14.2 Å². The number of anilines is 2. The Kier molecular flexibility index (Phi) is 7.25. The van der Waals surface area contributed by atoms with Crippen LogP contribution in [0.4, 0.5) is 17.1 Å². The van der Waals surface area contributed by atoms with Crippen LogP contribution in [0, 0.1) is 0 Å². The van der Waals surface area contributed by atoms with Crippen molar-refractivity contribution in [1.29, 1.82) is 0 Å². The molecule has 0 fully saturated rings. The van der Waals surface area contributed by atoms with Gasteiger partial charge >= 0.3 is 0 Å². The second-order valence-corrected chi connectivity index (χ2v) is 9.80. The van der Waals surface area contributed by atoms with Gasteiger partial charge in [0.05, 0.1) is 43.5 Å². The first-order valence-corrected chi connectivity index (χ1v) is 12.3. The van der Waals surface area contributed by atoms with E-state index in [-0.39, 0.29) is 5.91 Å². The molecule has 0 bridgehead atoms. The van der Waals surface area contributed by atoms with Crippen LogP contribution in [-0.4, -0.2) is 42.4 Å². The zero-order valence-electron chi connectivity index (χ0n) is 20.7. The molecule has 8 nitrogen and oxygen atoms in total. The van der Waals surface area contributed by atoms with Crippen LogP contribution >= 0.6 is 11.3 Å². The summed E-state index contributed by atoms with van der Waals surface area (Å²) < 4.78 is 10.7. The highest BCUT2D eigenvalue weighted by molar-refractivity contribution is 7.13. The van der Waals surface area contributed by atoms with Crippen LogP contribution in [-0.2, 0) is 13.0 Å². The van der Waals surface area contributed by atoms with Crippen molar-refractivity contribution in [3.63, 3.8) is 0 Å². The Labute approximate surface area is 209 Å². The van der Waals surface area contributed by atoms with Crippen molar-refractivity contribution in [3.05, 3.63) is 57.5 Å². The van der Waals surface area contributed by atoms with E-state index in [1.165, 1.54) is 11.3 Å². The molecule has 0 aliphatic carbocycles. The Hall–Kier alpha value is -3.59. The monoisotopic (exact) mass is 493 g/mol. The minimum atomic E-state index is -0.237. The lowest BCUT2D eigenvalue weighted by Gasteiger charge is -2.27. The summed E-state index contributed by atoms with van der Waals surface area (Å²) in [6.07, 6.45) is 0.753. The lowest BCUT2D eigenvalue weighted by Crippen LogP contribution is -2.33. The summed E-state index contributed by atoms with van der Waals surface area (Å²) in [4.78, 5) is 25.6. The molecule has 1 aliphatic rings. The van der Waals surface area contributed by atoms with E-state index in [0.717, 1.165) is 40.6 Å². The molecule has 0 saturated carbocycles. The Morgan fingerprint density at radius 3 is 2.66 bits per heavy atom. The summed E-state index contributed by atoms with van der Waals surface area (Å²) >= 11 is 1.42. The first kappa shape index (κ1) is 24.5. The van der Waals surface area contributed by atoms with Gasteiger partial charge in [-0.2, -0.15) is 0 Å². The van der Waals surface area contributed by atoms with Crippen LogP contribution in [0.25, 0.3) is 0 Å². The van der Waals surface area contributed by atoms with Gasteiger partial charge in [-0.1, -0.05) is 19.9 Å². The Bertz CT molecular complexity index is 1270. The Morgan fingerprint density at radius 1 is 1.17 bits per heavy atom. The van der Waals surface area contributed by atoms with Gasteiger partial charge in [0.15, 0.2) is 16.5 Å². The first-order chi connectivity index (χ1) is 16.8. The maximum absolute atomic E-state index is 13.0. The SMILES string of the molecule is COc1ccc(/N=C(\C)N2CCc3nc(C(=O)Nc4cc(C(C)C)ccc4N)sc3C2)cc1OC. The predicted molar refractivity (Wildman–Crippen MR) is 141 cm³/mol. The van der Waals surface area contributed by atoms with Crippen molar-refractivity contribution in [2.45, 2.75) is 39.7 Å². The minimum absolute atomic E-state index is 0.237. The van der Waals surface area contributed by atoms with E-state index < -0.39 is 0 Å². The topological polar surface area (TPSA) is 102 Å². The molecular weight excluding hydrogens is 462 g/mol. The van der Waals surface area contributed by atoms with Gasteiger partial charge in [0.1, 0.15) is 5.84 Å². The van der Waals surface area contributed by atoms with E-state index in [4.69, 9.17) is 20.2 Å². The van der Waals surface area contributed by atoms with E-state index in [0.29, 0.717) is 40.3 Å². The number of rotatable bonds is 6. The summed E-state index contributed by atoms with van der Waals surface area (Å²) in [5.41, 5.74) is 10.1. The van der Waals surface area contributed by atoms with Gasteiger partial charge in [-0.3, -0.25) is 4.79 Å². The van der Waals surface area contributed by atoms with Crippen molar-refractivity contribution in [2.24, 2.45) is 4.99 Å². The lowest BCUT2D eigenvalue weighted by atomic mass is 10.0. The fraction of sp³-hybridized carbons (Fsp3) is 0.346. The van der Waals surface area contributed by atoms with Crippen LogP contribution in [0.5, 0.6) is 11.5 Å². The number of carbonyl (C=O) groups excluding carboxylic acids is 1. The average molecular weight is 494 g/mol. The molecule has 1 amide bonds. The zero-order chi connectivity index (χ0) is 25.1. The first-order valence-electron chi connectivity index (χ1n) is 11.5. The zero-order valence-corrected chi connectivity index (χ0v) is 21.5. The maximum atomic E-state index is 13.0. The number of methoxy groups -OCH3 is 2. The standard InChI is InChI=1S/C26H31N5O3S/c1-15(2)17-6-8-19(27)21(12-17)29-25(32)26-30-20-10-11-31(14-24(20)35-26)16(3)28-18-7-9-22(33-4)23(13-18)34-5/h6-9,12-13,15H,10-11,14,27H2,1-5H3,(H,29,32)/b28-16+. The van der Waals surface area contributed by atoms with E-state index >= 15 is 0 Å². The lowest BCUT2D eigenvalue weighted by molar-refractivity contribution is 0.102. The van der Waals surface area contributed by atoms with Gasteiger partial charge in [0.2, 0.25) is 0 Å². The number of nitrogens with one attached hydrogen (secondary N) is 1. The third-order valence-electron chi connectivity index (χ3n) is 6.03. The summed E-state index contributed by atoms with van der Waals surface area (Å²) in [5, 5.41) is 3.39. The van der Waals surface area contributed by atoms with Gasteiger partial charge in [-0.25, -0.2) is 9.98 Å². The number of thiazole rings is 1. The number of aliphatic imine (C=N–C) groups is 1. The van der Waals surface area contributed by atoms with Gasteiger partial charge in [0.25, 0.3) is 5.91 Å². The number of nitrogen functional groups attached to an aromatic ring is 1. The molecule has 35 heavy (non-hydrogen) atoms. The third-order valence-corrected chi connectivity index (χ3v) is 7.11. The molecule has 2 aromatic carbocycles. The number of aromatic nitrogens is 1. The average Bonchev–Trinajstić information content (AvgIpc) is 3.28. The van der Waals surface area contributed by atoms with Crippen molar-refractivity contribution >= 4 is 40.1 Å². The summed E-state index contributed by atoms with van der Waals surface area (Å²) in [6.45, 7) is 7.64. The second kappa shape index (κ2) is 10.4. The van der Waals surface area contributed by atoms with Gasteiger partial charge < -0.3 is 25.4 Å². The van der Waals surface area contributed by atoms with Crippen LogP contribution in [0.2, 0.25) is 0 Å². The Balaban J connectivity index is 1.48. The largest absolute Gasteiger partial charge is 0.493 e. The molecule has 3 aromatic rings. The Morgan fingerprint density at radius 2 is 1.94 bits per heavy atom. The van der Waals surface area contributed by atoms with Gasteiger partial charge in [0, 0.05) is 23.9 Å². The minimum Gasteiger partial charge on any atom is -0.493 e. The highest BCUT2D eigenvalue weighted by Crippen LogP contribution is 2.32. The van der Waals surface area contributed by atoms with Crippen LogP contribution in [0.15, 0.2) is 41.4 Å². The molecule has 0 unspecified atom stereocenters. The molecule has 3 N–H and O–H groups in total. The second-order valence-electron chi connectivity index (χ2n) is 8.71.